The molecule has 1 heterocycles. The van der Waals surface area contributed by atoms with Crippen LogP contribution in [-0.2, 0) is 25.0 Å². The first-order valence-corrected chi connectivity index (χ1v) is 7.72. The number of thioether (sulfide) groups is 1. The number of nitrogens with zero attached hydrogens (tertiary/aromatic N) is 2. The van der Waals surface area contributed by atoms with E-state index >= 15 is 0 Å². The standard InChI is InChI=1S/C14H16ClN3O2S/c1-18-12(8-19)7-17-14(18)21-9-13(20)16-6-10-2-4-11(15)5-3-10/h2-5,7,19H,6,8-9H2,1H3,(H,16,20). The molecule has 5 nitrogen and oxygen atoms in total. The van der Waals surface area contributed by atoms with Crippen LogP contribution in [0.15, 0.2) is 35.6 Å². The highest BCUT2D eigenvalue weighted by Gasteiger charge is 2.09. The summed E-state index contributed by atoms with van der Waals surface area (Å²) in [6.45, 7) is 0.409. The molecule has 0 aliphatic carbocycles. The lowest BCUT2D eigenvalue weighted by Crippen LogP contribution is -2.24. The second-order valence-corrected chi connectivity index (χ2v) is 5.82. The van der Waals surface area contributed by atoms with Crippen LogP contribution in [0.1, 0.15) is 11.3 Å². The summed E-state index contributed by atoms with van der Waals surface area (Å²) in [4.78, 5) is 16.0. The number of imidazole rings is 1. The van der Waals surface area contributed by atoms with Gasteiger partial charge >= 0.3 is 0 Å². The van der Waals surface area contributed by atoms with Crippen molar-refractivity contribution in [3.05, 3.63) is 46.7 Å². The molecule has 2 aromatic rings. The molecule has 1 aromatic carbocycles. The Kier molecular flexibility index (Phi) is 5.67. The molecule has 0 radical (unpaired) electrons. The zero-order valence-electron chi connectivity index (χ0n) is 11.5. The van der Waals surface area contributed by atoms with Crippen LogP contribution < -0.4 is 5.32 Å². The van der Waals surface area contributed by atoms with Gasteiger partial charge in [-0.1, -0.05) is 35.5 Å². The van der Waals surface area contributed by atoms with Crippen LogP contribution in [-0.4, -0.2) is 26.3 Å². The highest BCUT2D eigenvalue weighted by Crippen LogP contribution is 2.17. The fourth-order valence-corrected chi connectivity index (χ4v) is 2.62. The second kappa shape index (κ2) is 7.49. The van der Waals surface area contributed by atoms with Gasteiger partial charge in [0.1, 0.15) is 0 Å². The van der Waals surface area contributed by atoms with Gasteiger partial charge in [0.05, 0.1) is 24.3 Å². The number of rotatable bonds is 6. The van der Waals surface area contributed by atoms with Crippen LogP contribution in [0.2, 0.25) is 5.02 Å². The van der Waals surface area contributed by atoms with Crippen molar-refractivity contribution in [2.75, 3.05) is 5.75 Å². The van der Waals surface area contributed by atoms with Crippen molar-refractivity contribution < 1.29 is 9.90 Å². The van der Waals surface area contributed by atoms with Gasteiger partial charge in [-0.15, -0.1) is 0 Å². The van der Waals surface area contributed by atoms with E-state index in [1.54, 1.807) is 22.9 Å². The fourth-order valence-electron chi connectivity index (χ4n) is 1.69. The summed E-state index contributed by atoms with van der Waals surface area (Å²) in [5.74, 6) is 0.215. The number of aliphatic hydroxyl groups excluding tert-OH is 1. The summed E-state index contributed by atoms with van der Waals surface area (Å²) in [5, 5.41) is 13.3. The van der Waals surface area contributed by atoms with Crippen LogP contribution in [0.4, 0.5) is 0 Å². The molecular weight excluding hydrogens is 310 g/mol. The molecule has 1 amide bonds. The molecule has 21 heavy (non-hydrogen) atoms. The average molecular weight is 326 g/mol. The lowest BCUT2D eigenvalue weighted by Gasteiger charge is -2.06. The van der Waals surface area contributed by atoms with E-state index in [2.05, 4.69) is 10.3 Å². The number of amides is 1. The van der Waals surface area contributed by atoms with Crippen molar-refractivity contribution in [2.45, 2.75) is 18.3 Å². The molecule has 2 rings (SSSR count). The molecule has 0 aliphatic heterocycles. The molecule has 0 saturated carbocycles. The number of nitrogens with one attached hydrogen (secondary N) is 1. The number of aliphatic hydroxyl groups is 1. The zero-order chi connectivity index (χ0) is 15.2. The van der Waals surface area contributed by atoms with Crippen molar-refractivity contribution >= 4 is 29.3 Å². The molecule has 112 valence electrons. The Morgan fingerprint density at radius 1 is 1.43 bits per heavy atom. The fraction of sp³-hybridized carbons (Fsp3) is 0.286. The first-order valence-electron chi connectivity index (χ1n) is 6.35. The molecule has 1 aromatic heterocycles. The quantitative estimate of drug-likeness (QED) is 0.797. The Labute approximate surface area is 132 Å². The monoisotopic (exact) mass is 325 g/mol. The summed E-state index contributed by atoms with van der Waals surface area (Å²) < 4.78 is 1.77. The van der Waals surface area contributed by atoms with Crippen molar-refractivity contribution in [3.8, 4) is 0 Å². The summed E-state index contributed by atoms with van der Waals surface area (Å²) in [6, 6.07) is 7.34. The molecule has 0 saturated heterocycles. The van der Waals surface area contributed by atoms with E-state index in [0.29, 0.717) is 16.7 Å². The van der Waals surface area contributed by atoms with Gasteiger partial charge in [-0.2, -0.15) is 0 Å². The number of carbonyl (C=O) groups is 1. The zero-order valence-corrected chi connectivity index (χ0v) is 13.1. The van der Waals surface area contributed by atoms with Gasteiger partial charge < -0.3 is 15.0 Å². The molecule has 2 N–H and O–H groups in total. The van der Waals surface area contributed by atoms with Gasteiger partial charge in [-0.3, -0.25) is 4.79 Å². The van der Waals surface area contributed by atoms with E-state index in [1.165, 1.54) is 11.8 Å². The van der Waals surface area contributed by atoms with Gasteiger partial charge in [0.25, 0.3) is 0 Å². The molecule has 0 atom stereocenters. The second-order valence-electron chi connectivity index (χ2n) is 4.44. The third-order valence-electron chi connectivity index (χ3n) is 2.94. The molecule has 0 unspecified atom stereocenters. The normalized spacial score (nSPS) is 10.6. The minimum absolute atomic E-state index is 0.0627. The van der Waals surface area contributed by atoms with Gasteiger partial charge in [-0.25, -0.2) is 4.98 Å². The lowest BCUT2D eigenvalue weighted by molar-refractivity contribution is -0.118. The third kappa shape index (κ3) is 4.49. The van der Waals surface area contributed by atoms with E-state index < -0.39 is 0 Å². The van der Waals surface area contributed by atoms with Crippen molar-refractivity contribution in [3.63, 3.8) is 0 Å². The first-order chi connectivity index (χ1) is 10.1. The number of hydrogen-bond donors (Lipinski definition) is 2. The van der Waals surface area contributed by atoms with Crippen molar-refractivity contribution in [1.82, 2.24) is 14.9 Å². The SMILES string of the molecule is Cn1c(CO)cnc1SCC(=O)NCc1ccc(Cl)cc1. The Bertz CT molecular complexity index is 613. The maximum absolute atomic E-state index is 11.8. The highest BCUT2D eigenvalue weighted by atomic mass is 35.5. The van der Waals surface area contributed by atoms with E-state index in [0.717, 1.165) is 11.3 Å². The lowest BCUT2D eigenvalue weighted by atomic mass is 10.2. The maximum atomic E-state index is 11.8. The van der Waals surface area contributed by atoms with Crippen molar-refractivity contribution in [1.29, 1.82) is 0 Å². The van der Waals surface area contributed by atoms with Gasteiger partial charge in [0, 0.05) is 18.6 Å². The number of halogens is 1. The average Bonchev–Trinajstić information content (AvgIpc) is 2.85. The number of carbonyl (C=O) groups excluding carboxylic acids is 1. The Morgan fingerprint density at radius 3 is 2.76 bits per heavy atom. The third-order valence-corrected chi connectivity index (χ3v) is 4.24. The number of aromatic nitrogens is 2. The van der Waals surface area contributed by atoms with E-state index in [4.69, 9.17) is 16.7 Å². The van der Waals surface area contributed by atoms with Gasteiger partial charge in [0.15, 0.2) is 5.16 Å². The topological polar surface area (TPSA) is 67.1 Å². The highest BCUT2D eigenvalue weighted by molar-refractivity contribution is 7.99. The van der Waals surface area contributed by atoms with Crippen LogP contribution in [0.3, 0.4) is 0 Å². The van der Waals surface area contributed by atoms with E-state index in [9.17, 15) is 4.79 Å². The van der Waals surface area contributed by atoms with Crippen LogP contribution in [0, 0.1) is 0 Å². The molecule has 0 bridgehead atoms. The van der Waals surface area contributed by atoms with Crippen molar-refractivity contribution in [2.24, 2.45) is 7.05 Å². The minimum Gasteiger partial charge on any atom is -0.390 e. The smallest absolute Gasteiger partial charge is 0.230 e. The van der Waals surface area contributed by atoms with Crippen LogP contribution in [0.25, 0.3) is 0 Å². The largest absolute Gasteiger partial charge is 0.390 e. The maximum Gasteiger partial charge on any atom is 0.230 e. The van der Waals surface area contributed by atoms with Gasteiger partial charge in [0.2, 0.25) is 5.91 Å². The molecule has 7 heteroatoms. The Balaban J connectivity index is 1.79. The van der Waals surface area contributed by atoms with E-state index in [1.807, 2.05) is 19.2 Å². The summed E-state index contributed by atoms with van der Waals surface area (Å²) >= 11 is 7.14. The Hall–Kier alpha value is -1.50. The summed E-state index contributed by atoms with van der Waals surface area (Å²) in [6.07, 6.45) is 1.61. The predicted octanol–water partition coefficient (Wildman–Crippen LogP) is 1.97. The summed E-state index contributed by atoms with van der Waals surface area (Å²) in [7, 11) is 1.81. The Morgan fingerprint density at radius 2 is 2.14 bits per heavy atom. The van der Waals surface area contributed by atoms with Gasteiger partial charge in [-0.05, 0) is 17.7 Å². The summed E-state index contributed by atoms with van der Waals surface area (Å²) in [5.41, 5.74) is 1.72. The molecular formula is C14H16ClN3O2S. The van der Waals surface area contributed by atoms with E-state index in [-0.39, 0.29) is 18.3 Å². The number of hydrogen-bond acceptors (Lipinski definition) is 4. The van der Waals surface area contributed by atoms with Crippen LogP contribution >= 0.6 is 23.4 Å². The minimum atomic E-state index is -0.0662. The molecule has 0 fully saturated rings. The van der Waals surface area contributed by atoms with Crippen LogP contribution in [0.5, 0.6) is 0 Å². The first kappa shape index (κ1) is 15.9. The molecule has 0 spiro atoms. The number of benzene rings is 1. The molecule has 0 aliphatic rings. The predicted molar refractivity (Wildman–Crippen MR) is 83.2 cm³/mol.